The lowest BCUT2D eigenvalue weighted by molar-refractivity contribution is 0.200. The minimum atomic E-state index is -0.740. The molecule has 0 bridgehead atoms. The van der Waals surface area contributed by atoms with Gasteiger partial charge in [0.2, 0.25) is 0 Å². The normalized spacial score (nSPS) is 11.4. The third-order valence-electron chi connectivity index (χ3n) is 5.59. The first kappa shape index (κ1) is 21.6. The maximum Gasteiger partial charge on any atom is 0.334 e. The highest BCUT2D eigenvalue weighted by Gasteiger charge is 2.21. The Bertz CT molecular complexity index is 1600. The van der Waals surface area contributed by atoms with Crippen LogP contribution in [-0.4, -0.2) is 54.3 Å². The highest BCUT2D eigenvalue weighted by Crippen LogP contribution is 2.36. The molecule has 5 aromatic rings. The van der Waals surface area contributed by atoms with Gasteiger partial charge in [-0.25, -0.2) is 18.7 Å². The molecule has 0 saturated heterocycles. The van der Waals surface area contributed by atoms with E-state index in [-0.39, 0.29) is 24.8 Å². The van der Waals surface area contributed by atoms with Crippen molar-refractivity contribution in [1.29, 1.82) is 0 Å². The lowest BCUT2D eigenvalue weighted by atomic mass is 10.0. The molecule has 4 aromatic heterocycles. The summed E-state index contributed by atoms with van der Waals surface area (Å²) in [6.07, 6.45) is 6.44. The Labute approximate surface area is 192 Å². The van der Waals surface area contributed by atoms with Gasteiger partial charge in [-0.2, -0.15) is 5.10 Å². The van der Waals surface area contributed by atoms with Crippen LogP contribution in [0.3, 0.4) is 0 Å². The molecule has 1 aromatic carbocycles. The summed E-state index contributed by atoms with van der Waals surface area (Å²) in [6, 6.07) is 4.76. The second-order valence-corrected chi connectivity index (χ2v) is 7.69. The smallest absolute Gasteiger partial charge is 0.334 e. The van der Waals surface area contributed by atoms with Crippen molar-refractivity contribution < 1.29 is 19.0 Å². The van der Waals surface area contributed by atoms with E-state index in [0.29, 0.717) is 27.7 Å². The average molecular weight is 464 g/mol. The Morgan fingerprint density at radius 1 is 1.12 bits per heavy atom. The van der Waals surface area contributed by atoms with Crippen molar-refractivity contribution in [3.05, 3.63) is 59.3 Å². The van der Waals surface area contributed by atoms with E-state index in [1.165, 1.54) is 15.3 Å². The number of fused-ring (bicyclic) bond motifs is 3. The van der Waals surface area contributed by atoms with Crippen LogP contribution in [-0.2, 0) is 14.1 Å². The fourth-order valence-corrected chi connectivity index (χ4v) is 4.00. The molecule has 1 N–H and O–H groups in total. The number of aryl methyl sites for hydroxylation is 2. The molecule has 0 amide bonds. The minimum Gasteiger partial charge on any atom is -0.496 e. The molecular formula is C23H21FN6O4. The quantitative estimate of drug-likeness (QED) is 0.410. The molecule has 0 radical (unpaired) electrons. The number of rotatable bonds is 6. The van der Waals surface area contributed by atoms with Crippen molar-refractivity contribution in [2.24, 2.45) is 14.1 Å². The molecule has 0 saturated carbocycles. The number of hydrogen-bond acceptors (Lipinski definition) is 7. The number of halogens is 1. The van der Waals surface area contributed by atoms with Crippen molar-refractivity contribution in [2.75, 3.05) is 20.3 Å². The second kappa shape index (κ2) is 8.27. The summed E-state index contributed by atoms with van der Waals surface area (Å²) in [5, 5.41) is 13.8. The minimum absolute atomic E-state index is 0.00391. The Balaban J connectivity index is 1.82. The number of ether oxygens (including phenoxy) is 2. The maximum atomic E-state index is 15.1. The molecule has 0 fully saturated rings. The molecule has 4 heterocycles. The highest BCUT2D eigenvalue weighted by molar-refractivity contribution is 6.05. The third-order valence-corrected chi connectivity index (χ3v) is 5.59. The standard InChI is InChI=1S/C23H21FN6O4/c1-28-12-13(9-27-28)15-7-16-18(8-20(15)33-3)25-11-19-21(16)30(23(32)29(19)2)22-17(24)6-14(10-26-22)34-5-4-31/h6-12,31H,4-5H2,1-3H3. The molecular weight excluding hydrogens is 443 g/mol. The summed E-state index contributed by atoms with van der Waals surface area (Å²) in [6.45, 7) is -0.211. The van der Waals surface area contributed by atoms with Crippen LogP contribution >= 0.6 is 0 Å². The molecule has 0 atom stereocenters. The van der Waals surface area contributed by atoms with Gasteiger partial charge in [0, 0.05) is 48.9 Å². The summed E-state index contributed by atoms with van der Waals surface area (Å²) in [5.41, 5.74) is 2.64. The molecule has 174 valence electrons. The first-order valence-electron chi connectivity index (χ1n) is 10.4. The van der Waals surface area contributed by atoms with E-state index in [1.807, 2.05) is 19.3 Å². The summed E-state index contributed by atoms with van der Waals surface area (Å²) < 4.78 is 30.2. The zero-order valence-electron chi connectivity index (χ0n) is 18.7. The molecule has 5 rings (SSSR count). The van der Waals surface area contributed by atoms with Gasteiger partial charge in [0.25, 0.3) is 0 Å². The lowest BCUT2D eigenvalue weighted by Crippen LogP contribution is -2.22. The topological polar surface area (TPSA) is 109 Å². The van der Waals surface area contributed by atoms with E-state index in [1.54, 1.807) is 37.3 Å². The van der Waals surface area contributed by atoms with E-state index in [2.05, 4.69) is 15.1 Å². The fourth-order valence-electron chi connectivity index (χ4n) is 4.00. The molecule has 0 unspecified atom stereocenters. The number of nitrogens with zero attached hydrogens (tertiary/aromatic N) is 6. The molecule has 0 aliphatic rings. The van der Waals surface area contributed by atoms with Crippen molar-refractivity contribution in [1.82, 2.24) is 28.9 Å². The van der Waals surface area contributed by atoms with Crippen molar-refractivity contribution in [2.45, 2.75) is 0 Å². The van der Waals surface area contributed by atoms with E-state index in [9.17, 15) is 4.79 Å². The van der Waals surface area contributed by atoms with Gasteiger partial charge in [-0.3, -0.25) is 14.2 Å². The van der Waals surface area contributed by atoms with Crippen LogP contribution in [0, 0.1) is 5.82 Å². The predicted molar refractivity (Wildman–Crippen MR) is 123 cm³/mol. The van der Waals surface area contributed by atoms with Gasteiger partial charge in [0.15, 0.2) is 11.6 Å². The number of aromatic nitrogens is 6. The van der Waals surface area contributed by atoms with E-state index >= 15 is 4.39 Å². The Hall–Kier alpha value is -4.25. The van der Waals surface area contributed by atoms with E-state index in [0.717, 1.165) is 17.2 Å². The Kier molecular flexibility index (Phi) is 5.25. The number of hydrogen-bond donors (Lipinski definition) is 1. The summed E-state index contributed by atoms with van der Waals surface area (Å²) >= 11 is 0. The van der Waals surface area contributed by atoms with Crippen LogP contribution in [0.5, 0.6) is 11.5 Å². The van der Waals surface area contributed by atoms with Crippen molar-refractivity contribution >= 4 is 21.9 Å². The number of pyridine rings is 2. The predicted octanol–water partition coefficient (Wildman–Crippen LogP) is 2.19. The highest BCUT2D eigenvalue weighted by atomic mass is 19.1. The second-order valence-electron chi connectivity index (χ2n) is 7.69. The summed E-state index contributed by atoms with van der Waals surface area (Å²) in [5.74, 6) is -0.167. The van der Waals surface area contributed by atoms with Crippen LogP contribution < -0.4 is 15.2 Å². The van der Waals surface area contributed by atoms with Gasteiger partial charge in [-0.1, -0.05) is 0 Å². The monoisotopic (exact) mass is 464 g/mol. The summed E-state index contributed by atoms with van der Waals surface area (Å²) in [7, 11) is 4.97. The van der Waals surface area contributed by atoms with Gasteiger partial charge in [-0.15, -0.1) is 0 Å². The number of aliphatic hydroxyl groups is 1. The average Bonchev–Trinajstić information content (AvgIpc) is 3.38. The van der Waals surface area contributed by atoms with Crippen molar-refractivity contribution in [3.63, 3.8) is 0 Å². The zero-order chi connectivity index (χ0) is 24.0. The van der Waals surface area contributed by atoms with Crippen molar-refractivity contribution in [3.8, 4) is 28.4 Å². The lowest BCUT2D eigenvalue weighted by Gasteiger charge is -2.11. The van der Waals surface area contributed by atoms with Gasteiger partial charge < -0.3 is 14.6 Å². The van der Waals surface area contributed by atoms with E-state index < -0.39 is 11.5 Å². The van der Waals surface area contributed by atoms with Crippen LogP contribution in [0.2, 0.25) is 0 Å². The molecule has 0 spiro atoms. The van der Waals surface area contributed by atoms with Gasteiger partial charge in [0.05, 0.1) is 48.9 Å². The zero-order valence-corrected chi connectivity index (χ0v) is 18.7. The van der Waals surface area contributed by atoms with Gasteiger partial charge in [-0.05, 0) is 6.07 Å². The number of imidazole rings is 1. The first-order chi connectivity index (χ1) is 16.4. The maximum absolute atomic E-state index is 15.1. The molecule has 0 aliphatic heterocycles. The van der Waals surface area contributed by atoms with Crippen LogP contribution in [0.4, 0.5) is 4.39 Å². The van der Waals surface area contributed by atoms with Gasteiger partial charge >= 0.3 is 5.69 Å². The first-order valence-corrected chi connectivity index (χ1v) is 10.4. The molecule has 0 aliphatic carbocycles. The molecule has 11 heteroatoms. The third kappa shape index (κ3) is 3.37. The van der Waals surface area contributed by atoms with E-state index in [4.69, 9.17) is 14.6 Å². The Morgan fingerprint density at radius 3 is 2.62 bits per heavy atom. The number of aliphatic hydroxyl groups excluding tert-OH is 1. The van der Waals surface area contributed by atoms with Crippen LogP contribution in [0.15, 0.2) is 47.8 Å². The SMILES string of the molecule is COc1cc2ncc3c(c2cc1-c1cnn(C)c1)n(-c1ncc(OCCO)cc1F)c(=O)n3C. The summed E-state index contributed by atoms with van der Waals surface area (Å²) in [4.78, 5) is 21.9. The fraction of sp³-hybridized carbons (Fsp3) is 0.217. The van der Waals surface area contributed by atoms with Crippen LogP contribution in [0.25, 0.3) is 38.9 Å². The van der Waals surface area contributed by atoms with Gasteiger partial charge in [0.1, 0.15) is 18.1 Å². The largest absolute Gasteiger partial charge is 0.496 e. The Morgan fingerprint density at radius 2 is 1.94 bits per heavy atom. The molecule has 10 nitrogen and oxygen atoms in total. The van der Waals surface area contributed by atoms with Crippen LogP contribution in [0.1, 0.15) is 0 Å². The molecule has 34 heavy (non-hydrogen) atoms. The number of benzene rings is 1. The number of methoxy groups -OCH3 is 1.